The number of hydrogen-bond donors (Lipinski definition) is 1. The molecule has 0 saturated heterocycles. The molecule has 9 heteroatoms. The van der Waals surface area contributed by atoms with Crippen molar-refractivity contribution in [2.75, 3.05) is 5.32 Å². The van der Waals surface area contributed by atoms with Gasteiger partial charge in [-0.25, -0.2) is 14.6 Å². The van der Waals surface area contributed by atoms with E-state index in [4.69, 9.17) is 28.5 Å². The zero-order chi connectivity index (χ0) is 18.1. The predicted octanol–water partition coefficient (Wildman–Crippen LogP) is 1.85. The molecular formula is C18H11Cl2N6Na. The molecule has 0 aliphatic carbocycles. The second kappa shape index (κ2) is 8.26. The summed E-state index contributed by atoms with van der Waals surface area (Å²) in [6.07, 6.45) is 4.96. The Labute approximate surface area is 188 Å². The molecule has 4 aromatic rings. The van der Waals surface area contributed by atoms with Gasteiger partial charge in [0, 0.05) is 18.6 Å². The third-order valence-electron chi connectivity index (χ3n) is 3.74. The molecule has 0 aliphatic rings. The minimum absolute atomic E-state index is 0. The Bertz CT molecular complexity index is 1140. The van der Waals surface area contributed by atoms with E-state index < -0.39 is 0 Å². The number of rotatable bonds is 3. The zero-order valence-corrected chi connectivity index (χ0v) is 17.7. The SMILES string of the molecule is N#Cc1ccc(Nc2nccc3nn(-c4c(Cl)cccc4Cl)cc23)nc1.[H-].[Na+]. The number of halogens is 2. The molecular weight excluding hydrogens is 394 g/mol. The standard InChI is InChI=1S/C18H10Cl2N6.Na.H/c19-13-2-1-3-14(20)17(13)26-10-12-15(25-26)6-7-22-18(12)24-16-5-4-11(8-21)9-23-16;;/h1-7,9-10H,(H,22,23,24);;/q;+1;-1. The molecule has 0 spiro atoms. The Kier molecular flexibility index (Phi) is 6.00. The quantitative estimate of drug-likeness (QED) is 0.527. The summed E-state index contributed by atoms with van der Waals surface area (Å²) in [7, 11) is 0. The van der Waals surface area contributed by atoms with Crippen molar-refractivity contribution < 1.29 is 31.0 Å². The number of aromatic nitrogens is 4. The van der Waals surface area contributed by atoms with Crippen LogP contribution in [0.4, 0.5) is 11.6 Å². The van der Waals surface area contributed by atoms with Gasteiger partial charge in [0.1, 0.15) is 23.4 Å². The molecule has 0 fully saturated rings. The van der Waals surface area contributed by atoms with Crippen molar-refractivity contribution in [1.29, 1.82) is 5.26 Å². The van der Waals surface area contributed by atoms with Crippen molar-refractivity contribution in [2.45, 2.75) is 0 Å². The van der Waals surface area contributed by atoms with Crippen LogP contribution in [0.25, 0.3) is 16.6 Å². The van der Waals surface area contributed by atoms with E-state index in [1.165, 1.54) is 6.20 Å². The van der Waals surface area contributed by atoms with E-state index in [0.717, 1.165) is 10.9 Å². The van der Waals surface area contributed by atoms with Gasteiger partial charge in [-0.15, -0.1) is 0 Å². The molecule has 0 unspecified atom stereocenters. The minimum Gasteiger partial charge on any atom is -1.00 e. The Hall–Kier alpha value is -2.14. The van der Waals surface area contributed by atoms with Crippen LogP contribution < -0.4 is 34.9 Å². The minimum atomic E-state index is 0. The van der Waals surface area contributed by atoms with Gasteiger partial charge in [0.15, 0.2) is 0 Å². The monoisotopic (exact) mass is 404 g/mol. The van der Waals surface area contributed by atoms with E-state index in [-0.39, 0.29) is 31.0 Å². The van der Waals surface area contributed by atoms with Crippen LogP contribution >= 0.6 is 23.2 Å². The Balaban J connectivity index is 0.00000140. The maximum atomic E-state index is 8.86. The largest absolute Gasteiger partial charge is 1.00 e. The van der Waals surface area contributed by atoms with Crippen LogP contribution in [0.1, 0.15) is 6.99 Å². The van der Waals surface area contributed by atoms with Crippen molar-refractivity contribution in [3.63, 3.8) is 0 Å². The molecule has 4 rings (SSSR count). The van der Waals surface area contributed by atoms with Gasteiger partial charge < -0.3 is 6.74 Å². The van der Waals surface area contributed by atoms with Crippen molar-refractivity contribution in [3.05, 3.63) is 70.6 Å². The average Bonchev–Trinajstić information content (AvgIpc) is 3.07. The number of nitrogens with one attached hydrogen (secondary N) is 1. The number of nitriles is 1. The number of pyridine rings is 2. The van der Waals surface area contributed by atoms with Crippen LogP contribution in [0.3, 0.4) is 0 Å². The molecule has 6 nitrogen and oxygen atoms in total. The first-order valence-electron chi connectivity index (χ1n) is 7.57. The van der Waals surface area contributed by atoms with Gasteiger partial charge in [-0.05, 0) is 30.3 Å². The number of fused-ring (bicyclic) bond motifs is 1. The first-order chi connectivity index (χ1) is 12.7. The summed E-state index contributed by atoms with van der Waals surface area (Å²) in [6, 6.07) is 12.5. The molecule has 0 saturated carbocycles. The third-order valence-corrected chi connectivity index (χ3v) is 4.35. The molecule has 128 valence electrons. The molecule has 3 aromatic heterocycles. The number of hydrogen-bond acceptors (Lipinski definition) is 5. The molecule has 27 heavy (non-hydrogen) atoms. The number of para-hydroxylation sites is 1. The summed E-state index contributed by atoms with van der Waals surface area (Å²) in [4.78, 5) is 8.56. The predicted molar refractivity (Wildman–Crippen MR) is 102 cm³/mol. The molecule has 1 aromatic carbocycles. The Morgan fingerprint density at radius 3 is 2.52 bits per heavy atom. The van der Waals surface area contributed by atoms with Gasteiger partial charge in [-0.1, -0.05) is 29.3 Å². The van der Waals surface area contributed by atoms with Crippen LogP contribution in [0, 0.1) is 11.3 Å². The van der Waals surface area contributed by atoms with E-state index in [9.17, 15) is 0 Å². The van der Waals surface area contributed by atoms with Crippen LogP contribution in [-0.4, -0.2) is 19.7 Å². The van der Waals surface area contributed by atoms with Gasteiger partial charge in [-0.3, -0.25) is 0 Å². The second-order valence-corrected chi connectivity index (χ2v) is 6.22. The van der Waals surface area contributed by atoms with E-state index in [1.54, 1.807) is 53.5 Å². The third kappa shape index (κ3) is 3.93. The Morgan fingerprint density at radius 2 is 1.85 bits per heavy atom. The average molecular weight is 405 g/mol. The van der Waals surface area contributed by atoms with E-state index in [0.29, 0.717) is 32.9 Å². The number of anilines is 2. The zero-order valence-electron chi connectivity index (χ0n) is 15.2. The normalized spacial score (nSPS) is 10.3. The van der Waals surface area contributed by atoms with Gasteiger partial charge in [0.25, 0.3) is 0 Å². The molecule has 0 radical (unpaired) electrons. The van der Waals surface area contributed by atoms with Crippen LogP contribution in [0.2, 0.25) is 10.0 Å². The molecule has 0 bridgehead atoms. The fourth-order valence-electron chi connectivity index (χ4n) is 2.52. The molecule has 1 N–H and O–H groups in total. The van der Waals surface area contributed by atoms with Gasteiger partial charge >= 0.3 is 29.6 Å². The molecule has 3 heterocycles. The van der Waals surface area contributed by atoms with Crippen molar-refractivity contribution in [1.82, 2.24) is 19.7 Å². The smallest absolute Gasteiger partial charge is 1.00 e. The summed E-state index contributed by atoms with van der Waals surface area (Å²) in [6.45, 7) is 0. The van der Waals surface area contributed by atoms with E-state index in [1.807, 2.05) is 6.07 Å². The molecule has 0 aliphatic heterocycles. The summed E-state index contributed by atoms with van der Waals surface area (Å²) < 4.78 is 1.63. The maximum absolute atomic E-state index is 8.86. The van der Waals surface area contributed by atoms with Crippen molar-refractivity contribution in [2.24, 2.45) is 0 Å². The summed E-state index contributed by atoms with van der Waals surface area (Å²) in [5, 5.41) is 18.3. The second-order valence-electron chi connectivity index (χ2n) is 5.41. The van der Waals surface area contributed by atoms with Crippen molar-refractivity contribution >= 4 is 45.7 Å². The number of benzene rings is 1. The summed E-state index contributed by atoms with van der Waals surface area (Å²) in [5.41, 5.74) is 1.82. The fraction of sp³-hybridized carbons (Fsp3) is 0. The summed E-state index contributed by atoms with van der Waals surface area (Å²) >= 11 is 12.6. The van der Waals surface area contributed by atoms with Crippen LogP contribution in [0.5, 0.6) is 0 Å². The van der Waals surface area contributed by atoms with E-state index in [2.05, 4.69) is 20.4 Å². The topological polar surface area (TPSA) is 79.4 Å². The van der Waals surface area contributed by atoms with Gasteiger partial charge in [0.2, 0.25) is 0 Å². The van der Waals surface area contributed by atoms with Crippen LogP contribution in [-0.2, 0) is 0 Å². The van der Waals surface area contributed by atoms with E-state index >= 15 is 0 Å². The molecule has 0 amide bonds. The first-order valence-corrected chi connectivity index (χ1v) is 8.33. The van der Waals surface area contributed by atoms with Crippen molar-refractivity contribution in [3.8, 4) is 11.8 Å². The first kappa shape index (κ1) is 19.6. The molecule has 0 atom stereocenters. The van der Waals surface area contributed by atoms with Gasteiger partial charge in [-0.2, -0.15) is 10.4 Å². The fourth-order valence-corrected chi connectivity index (χ4v) is 3.09. The van der Waals surface area contributed by atoms with Gasteiger partial charge in [0.05, 0.1) is 26.5 Å². The Morgan fingerprint density at radius 1 is 1.07 bits per heavy atom. The van der Waals surface area contributed by atoms with Crippen LogP contribution in [0.15, 0.2) is 55.0 Å². The number of nitrogens with zero attached hydrogens (tertiary/aromatic N) is 5. The maximum Gasteiger partial charge on any atom is 1.00 e. The summed E-state index contributed by atoms with van der Waals surface area (Å²) in [5.74, 6) is 1.17.